The third-order valence-corrected chi connectivity index (χ3v) is 2.91. The van der Waals surface area contributed by atoms with Gasteiger partial charge < -0.3 is 4.74 Å². The summed E-state index contributed by atoms with van der Waals surface area (Å²) in [6.45, 7) is 4.82. The average molecular weight is 223 g/mol. The maximum atomic E-state index is 10.6. The monoisotopic (exact) mass is 223 g/mol. The van der Waals surface area contributed by atoms with Crippen LogP contribution in [0.5, 0.6) is 0 Å². The van der Waals surface area contributed by atoms with Crippen LogP contribution in [0.25, 0.3) is 0 Å². The van der Waals surface area contributed by atoms with Crippen molar-refractivity contribution in [2.75, 3.05) is 12.4 Å². The fraction of sp³-hybridized carbons (Fsp3) is 1.00. The molecule has 0 spiro atoms. The lowest BCUT2D eigenvalue weighted by Crippen LogP contribution is -2.16. The number of rotatable bonds is 8. The highest BCUT2D eigenvalue weighted by Crippen LogP contribution is 2.01. The van der Waals surface area contributed by atoms with Crippen LogP contribution in [-0.4, -0.2) is 26.9 Å². The van der Waals surface area contributed by atoms with Crippen LogP contribution < -0.4 is 5.14 Å². The number of ether oxygens (including phenoxy) is 1. The molecule has 0 rings (SSSR count). The van der Waals surface area contributed by atoms with Crippen molar-refractivity contribution in [3.05, 3.63) is 0 Å². The highest BCUT2D eigenvalue weighted by atomic mass is 32.2. The number of primary sulfonamides is 1. The molecule has 0 aromatic rings. The molecular formula is C9H21NO3S. The van der Waals surface area contributed by atoms with Gasteiger partial charge in [-0.2, -0.15) is 0 Å². The van der Waals surface area contributed by atoms with E-state index in [1.54, 1.807) is 0 Å². The topological polar surface area (TPSA) is 69.4 Å². The van der Waals surface area contributed by atoms with Crippen LogP contribution in [-0.2, 0) is 14.8 Å². The summed E-state index contributed by atoms with van der Waals surface area (Å²) < 4.78 is 26.6. The largest absolute Gasteiger partial charge is 0.379 e. The van der Waals surface area contributed by atoms with Gasteiger partial charge in [0.25, 0.3) is 0 Å². The van der Waals surface area contributed by atoms with Crippen LogP contribution in [0, 0.1) is 0 Å². The molecule has 0 aromatic carbocycles. The summed E-state index contributed by atoms with van der Waals surface area (Å²) in [5.74, 6) is 0.0797. The standard InChI is InChI=1S/C9H21NO3S/c1-3-9(2)13-7-5-4-6-8-14(10,11)12/h9H,3-8H2,1-2H3,(H2,10,11,12). The minimum Gasteiger partial charge on any atom is -0.379 e. The van der Waals surface area contributed by atoms with Crippen molar-refractivity contribution in [1.82, 2.24) is 0 Å². The van der Waals surface area contributed by atoms with E-state index in [9.17, 15) is 8.42 Å². The van der Waals surface area contributed by atoms with Gasteiger partial charge in [0.1, 0.15) is 0 Å². The molecule has 0 saturated carbocycles. The molecule has 4 nitrogen and oxygen atoms in total. The Morgan fingerprint density at radius 2 is 1.93 bits per heavy atom. The average Bonchev–Trinajstić information content (AvgIpc) is 2.08. The first-order valence-electron chi connectivity index (χ1n) is 5.07. The molecule has 1 atom stereocenters. The van der Waals surface area contributed by atoms with Crippen LogP contribution >= 0.6 is 0 Å². The minimum absolute atomic E-state index is 0.0797. The van der Waals surface area contributed by atoms with Gasteiger partial charge in [-0.15, -0.1) is 0 Å². The van der Waals surface area contributed by atoms with Gasteiger partial charge in [-0.3, -0.25) is 0 Å². The smallest absolute Gasteiger partial charge is 0.209 e. The summed E-state index contributed by atoms with van der Waals surface area (Å²) in [6, 6.07) is 0. The van der Waals surface area contributed by atoms with Gasteiger partial charge in [0.05, 0.1) is 11.9 Å². The summed E-state index contributed by atoms with van der Waals surface area (Å²) >= 11 is 0. The number of hydrogen-bond donors (Lipinski definition) is 1. The Bertz CT molecular complexity index is 226. The minimum atomic E-state index is -3.27. The molecule has 0 amide bonds. The molecule has 1 unspecified atom stereocenters. The zero-order valence-corrected chi connectivity index (χ0v) is 9.85. The van der Waals surface area contributed by atoms with Crippen molar-refractivity contribution in [2.45, 2.75) is 45.6 Å². The van der Waals surface area contributed by atoms with E-state index in [2.05, 4.69) is 6.92 Å². The van der Waals surface area contributed by atoms with Crippen LogP contribution in [0.15, 0.2) is 0 Å². The number of unbranched alkanes of at least 4 members (excludes halogenated alkanes) is 2. The zero-order chi connectivity index (χ0) is 11.0. The van der Waals surface area contributed by atoms with E-state index in [1.807, 2.05) is 6.92 Å². The first-order chi connectivity index (χ1) is 6.45. The molecule has 14 heavy (non-hydrogen) atoms. The molecule has 0 heterocycles. The summed E-state index contributed by atoms with van der Waals surface area (Å²) in [5, 5.41) is 4.86. The van der Waals surface area contributed by atoms with Crippen molar-refractivity contribution in [1.29, 1.82) is 0 Å². The van der Waals surface area contributed by atoms with E-state index >= 15 is 0 Å². The summed E-state index contributed by atoms with van der Waals surface area (Å²) in [7, 11) is -3.27. The molecule has 0 aliphatic carbocycles. The maximum absolute atomic E-state index is 10.6. The number of hydrogen-bond acceptors (Lipinski definition) is 3. The second kappa shape index (κ2) is 7.20. The third kappa shape index (κ3) is 9.95. The first kappa shape index (κ1) is 13.9. The zero-order valence-electron chi connectivity index (χ0n) is 9.03. The van der Waals surface area contributed by atoms with Gasteiger partial charge in [0, 0.05) is 6.61 Å². The van der Waals surface area contributed by atoms with Crippen molar-refractivity contribution >= 4 is 10.0 Å². The van der Waals surface area contributed by atoms with Crippen LogP contribution in [0.4, 0.5) is 0 Å². The Hall–Kier alpha value is -0.130. The predicted molar refractivity (Wildman–Crippen MR) is 57.5 cm³/mol. The van der Waals surface area contributed by atoms with Crippen molar-refractivity contribution in [3.8, 4) is 0 Å². The van der Waals surface area contributed by atoms with Crippen LogP contribution in [0.1, 0.15) is 39.5 Å². The van der Waals surface area contributed by atoms with Gasteiger partial charge in [-0.05, 0) is 26.2 Å². The van der Waals surface area contributed by atoms with Crippen molar-refractivity contribution in [3.63, 3.8) is 0 Å². The third-order valence-electron chi connectivity index (χ3n) is 2.05. The SMILES string of the molecule is CCC(C)OCCCCCS(N)(=O)=O. The highest BCUT2D eigenvalue weighted by Gasteiger charge is 2.02. The summed E-state index contributed by atoms with van der Waals surface area (Å²) in [5.41, 5.74) is 0. The second-order valence-corrected chi connectivity index (χ2v) is 5.25. The molecule has 0 saturated heterocycles. The summed E-state index contributed by atoms with van der Waals surface area (Å²) in [6.07, 6.45) is 3.69. The first-order valence-corrected chi connectivity index (χ1v) is 6.79. The number of sulfonamides is 1. The maximum Gasteiger partial charge on any atom is 0.209 e. The van der Waals surface area contributed by atoms with Crippen LogP contribution in [0.3, 0.4) is 0 Å². The molecule has 0 radical (unpaired) electrons. The molecule has 0 bridgehead atoms. The normalized spacial score (nSPS) is 14.2. The fourth-order valence-electron chi connectivity index (χ4n) is 0.984. The molecule has 5 heteroatoms. The predicted octanol–water partition coefficient (Wildman–Crippen LogP) is 1.26. The van der Waals surface area contributed by atoms with Crippen molar-refractivity contribution in [2.24, 2.45) is 5.14 Å². The second-order valence-electron chi connectivity index (χ2n) is 3.52. The van der Waals surface area contributed by atoms with E-state index in [1.165, 1.54) is 0 Å². The Labute approximate surface area is 86.9 Å². The molecule has 2 N–H and O–H groups in total. The van der Waals surface area contributed by atoms with E-state index < -0.39 is 10.0 Å². The van der Waals surface area contributed by atoms with Gasteiger partial charge in [-0.1, -0.05) is 13.3 Å². The molecule has 0 fully saturated rings. The number of nitrogens with two attached hydrogens (primary N) is 1. The molecule has 0 aliphatic heterocycles. The fourth-order valence-corrected chi connectivity index (χ4v) is 1.59. The van der Waals surface area contributed by atoms with Crippen molar-refractivity contribution < 1.29 is 13.2 Å². The van der Waals surface area contributed by atoms with Crippen LogP contribution in [0.2, 0.25) is 0 Å². The summed E-state index contributed by atoms with van der Waals surface area (Å²) in [4.78, 5) is 0. The van der Waals surface area contributed by atoms with E-state index in [0.717, 1.165) is 19.3 Å². The van der Waals surface area contributed by atoms with E-state index in [-0.39, 0.29) is 5.75 Å². The Kier molecular flexibility index (Phi) is 7.13. The van der Waals surface area contributed by atoms with E-state index in [0.29, 0.717) is 19.1 Å². The van der Waals surface area contributed by atoms with Gasteiger partial charge in [0.15, 0.2) is 0 Å². The molecule has 86 valence electrons. The molecule has 0 aromatic heterocycles. The Morgan fingerprint density at radius 1 is 1.29 bits per heavy atom. The quantitative estimate of drug-likeness (QED) is 0.630. The lowest BCUT2D eigenvalue weighted by Gasteiger charge is -2.09. The lowest BCUT2D eigenvalue weighted by atomic mass is 10.2. The molecular weight excluding hydrogens is 202 g/mol. The Morgan fingerprint density at radius 3 is 2.43 bits per heavy atom. The lowest BCUT2D eigenvalue weighted by molar-refractivity contribution is 0.0610. The Balaban J connectivity index is 3.23. The van der Waals surface area contributed by atoms with Gasteiger partial charge >= 0.3 is 0 Å². The van der Waals surface area contributed by atoms with Gasteiger partial charge in [0.2, 0.25) is 10.0 Å². The van der Waals surface area contributed by atoms with E-state index in [4.69, 9.17) is 9.88 Å². The van der Waals surface area contributed by atoms with Gasteiger partial charge in [-0.25, -0.2) is 13.6 Å². The highest BCUT2D eigenvalue weighted by molar-refractivity contribution is 7.89. The molecule has 0 aliphatic rings.